The maximum atomic E-state index is 13.0. The molecule has 2 aromatic rings. The third-order valence-electron chi connectivity index (χ3n) is 2.86. The number of aryl methyl sites for hydroxylation is 1. The van der Waals surface area contributed by atoms with E-state index in [-0.39, 0.29) is 5.82 Å². The molecule has 0 fully saturated rings. The van der Waals surface area contributed by atoms with Gasteiger partial charge >= 0.3 is 0 Å². The van der Waals surface area contributed by atoms with Crippen molar-refractivity contribution in [2.45, 2.75) is 20.0 Å². The molecule has 0 aliphatic carbocycles. The minimum atomic E-state index is -0.223. The lowest BCUT2D eigenvalue weighted by Gasteiger charge is -2.17. The van der Waals surface area contributed by atoms with Crippen molar-refractivity contribution in [1.29, 1.82) is 0 Å². The van der Waals surface area contributed by atoms with E-state index in [9.17, 15) is 4.39 Å². The van der Waals surface area contributed by atoms with E-state index in [0.717, 1.165) is 28.9 Å². The molecule has 0 saturated heterocycles. The summed E-state index contributed by atoms with van der Waals surface area (Å²) < 4.78 is 19.1. The number of nitrogens with zero attached hydrogens (tertiary/aromatic N) is 1. The summed E-state index contributed by atoms with van der Waals surface area (Å²) in [4.78, 5) is 2.16. The van der Waals surface area contributed by atoms with Gasteiger partial charge in [0.25, 0.3) is 0 Å². The summed E-state index contributed by atoms with van der Waals surface area (Å²) >= 11 is 3.38. The van der Waals surface area contributed by atoms with Crippen LogP contribution in [0.1, 0.15) is 16.9 Å². The predicted molar refractivity (Wildman–Crippen MR) is 72.7 cm³/mol. The highest BCUT2D eigenvalue weighted by atomic mass is 79.9. The quantitative estimate of drug-likeness (QED) is 0.844. The summed E-state index contributed by atoms with van der Waals surface area (Å²) in [7, 11) is 2.03. The van der Waals surface area contributed by atoms with Crippen LogP contribution in [0.15, 0.2) is 39.4 Å². The van der Waals surface area contributed by atoms with Gasteiger partial charge in [0, 0.05) is 23.1 Å². The van der Waals surface area contributed by atoms with Gasteiger partial charge in [0.2, 0.25) is 0 Å². The minimum absolute atomic E-state index is 0.223. The Morgan fingerprint density at radius 1 is 1.22 bits per heavy atom. The van der Waals surface area contributed by atoms with Gasteiger partial charge < -0.3 is 4.42 Å². The molecule has 0 amide bonds. The normalized spacial score (nSPS) is 11.2. The van der Waals surface area contributed by atoms with Gasteiger partial charge in [-0.15, -0.1) is 0 Å². The monoisotopic (exact) mass is 311 g/mol. The second-order valence-corrected chi connectivity index (χ2v) is 5.26. The van der Waals surface area contributed by atoms with Crippen LogP contribution in [-0.2, 0) is 13.1 Å². The van der Waals surface area contributed by atoms with Crippen LogP contribution in [0.5, 0.6) is 0 Å². The van der Waals surface area contributed by atoms with Crippen LogP contribution < -0.4 is 0 Å². The maximum Gasteiger partial charge on any atom is 0.124 e. The molecule has 0 radical (unpaired) electrons. The van der Waals surface area contributed by atoms with Crippen LogP contribution in [0.3, 0.4) is 0 Å². The van der Waals surface area contributed by atoms with Crippen LogP contribution in [0.4, 0.5) is 4.39 Å². The van der Waals surface area contributed by atoms with E-state index in [1.54, 1.807) is 12.3 Å². The van der Waals surface area contributed by atoms with Gasteiger partial charge in [-0.3, -0.25) is 4.90 Å². The lowest BCUT2D eigenvalue weighted by Crippen LogP contribution is -2.17. The van der Waals surface area contributed by atoms with E-state index < -0.39 is 0 Å². The molecule has 1 aromatic carbocycles. The Morgan fingerprint density at radius 3 is 2.56 bits per heavy atom. The summed E-state index contributed by atoms with van der Waals surface area (Å²) in [6.45, 7) is 3.52. The summed E-state index contributed by atoms with van der Waals surface area (Å²) in [5.41, 5.74) is 2.25. The van der Waals surface area contributed by atoms with Gasteiger partial charge in [0.15, 0.2) is 0 Å². The Morgan fingerprint density at radius 2 is 1.94 bits per heavy atom. The summed E-state index contributed by atoms with van der Waals surface area (Å²) in [5, 5.41) is 0. The van der Waals surface area contributed by atoms with Crippen molar-refractivity contribution < 1.29 is 8.81 Å². The van der Waals surface area contributed by atoms with Gasteiger partial charge in [0.1, 0.15) is 11.6 Å². The molecule has 0 atom stereocenters. The van der Waals surface area contributed by atoms with E-state index in [0.29, 0.717) is 0 Å². The Labute approximate surface area is 115 Å². The van der Waals surface area contributed by atoms with E-state index >= 15 is 0 Å². The third kappa shape index (κ3) is 3.21. The molecule has 1 aromatic heterocycles. The zero-order valence-electron chi connectivity index (χ0n) is 10.4. The van der Waals surface area contributed by atoms with Crippen molar-refractivity contribution in [3.8, 4) is 0 Å². The first-order valence-corrected chi connectivity index (χ1v) is 6.51. The molecular weight excluding hydrogens is 297 g/mol. The van der Waals surface area contributed by atoms with Crippen molar-refractivity contribution in [3.05, 3.63) is 57.7 Å². The number of halogens is 2. The Hall–Kier alpha value is -1.13. The molecule has 4 heteroatoms. The van der Waals surface area contributed by atoms with Crippen molar-refractivity contribution in [1.82, 2.24) is 4.90 Å². The standard InChI is InChI=1S/C14H15BrFNO/c1-10-11(5-6-18-10)8-17(2)9-12-3-4-13(16)7-14(12)15/h3-7H,8-9H2,1-2H3. The van der Waals surface area contributed by atoms with Gasteiger partial charge in [-0.05, 0) is 37.7 Å². The lowest BCUT2D eigenvalue weighted by atomic mass is 10.2. The maximum absolute atomic E-state index is 13.0. The van der Waals surface area contributed by atoms with E-state index in [1.165, 1.54) is 17.7 Å². The van der Waals surface area contributed by atoms with Gasteiger partial charge in [0.05, 0.1) is 6.26 Å². The van der Waals surface area contributed by atoms with Crippen LogP contribution in [0.2, 0.25) is 0 Å². The average molecular weight is 312 g/mol. The van der Waals surface area contributed by atoms with E-state index in [4.69, 9.17) is 4.42 Å². The second kappa shape index (κ2) is 5.67. The van der Waals surface area contributed by atoms with Gasteiger partial charge in [-0.25, -0.2) is 4.39 Å². The number of furan rings is 1. The van der Waals surface area contributed by atoms with Crippen molar-refractivity contribution in [2.75, 3.05) is 7.05 Å². The van der Waals surface area contributed by atoms with Gasteiger partial charge in [-0.2, -0.15) is 0 Å². The lowest BCUT2D eigenvalue weighted by molar-refractivity contribution is 0.315. The molecule has 2 nitrogen and oxygen atoms in total. The molecule has 0 spiro atoms. The van der Waals surface area contributed by atoms with Crippen molar-refractivity contribution in [2.24, 2.45) is 0 Å². The molecule has 1 heterocycles. The predicted octanol–water partition coefficient (Wildman–Crippen LogP) is 4.12. The van der Waals surface area contributed by atoms with E-state index in [1.807, 2.05) is 20.0 Å². The van der Waals surface area contributed by atoms with Crippen LogP contribution in [0, 0.1) is 12.7 Å². The molecule has 0 bridgehead atoms. The highest BCUT2D eigenvalue weighted by molar-refractivity contribution is 9.10. The molecular formula is C14H15BrFNO. The number of hydrogen-bond acceptors (Lipinski definition) is 2. The zero-order valence-corrected chi connectivity index (χ0v) is 12.0. The fraction of sp³-hybridized carbons (Fsp3) is 0.286. The highest BCUT2D eigenvalue weighted by Crippen LogP contribution is 2.20. The van der Waals surface area contributed by atoms with Gasteiger partial charge in [-0.1, -0.05) is 22.0 Å². The Kier molecular flexibility index (Phi) is 4.19. The van der Waals surface area contributed by atoms with Crippen LogP contribution in [-0.4, -0.2) is 11.9 Å². The molecule has 0 N–H and O–H groups in total. The number of hydrogen-bond donors (Lipinski definition) is 0. The smallest absolute Gasteiger partial charge is 0.124 e. The first-order chi connectivity index (χ1) is 8.56. The SMILES string of the molecule is Cc1occc1CN(C)Cc1ccc(F)cc1Br. The third-order valence-corrected chi connectivity index (χ3v) is 3.60. The fourth-order valence-corrected chi connectivity index (χ4v) is 2.34. The summed E-state index contributed by atoms with van der Waals surface area (Å²) in [6.07, 6.45) is 1.70. The first-order valence-electron chi connectivity index (χ1n) is 5.71. The average Bonchev–Trinajstić information content (AvgIpc) is 2.69. The second-order valence-electron chi connectivity index (χ2n) is 4.41. The van der Waals surface area contributed by atoms with Crippen LogP contribution >= 0.6 is 15.9 Å². The molecule has 0 aliphatic rings. The zero-order chi connectivity index (χ0) is 13.1. The number of benzene rings is 1. The first kappa shape index (κ1) is 13.3. The molecule has 18 heavy (non-hydrogen) atoms. The minimum Gasteiger partial charge on any atom is -0.469 e. The Bertz CT molecular complexity index is 538. The highest BCUT2D eigenvalue weighted by Gasteiger charge is 2.08. The summed E-state index contributed by atoms with van der Waals surface area (Å²) in [5.74, 6) is 0.721. The molecule has 96 valence electrons. The number of rotatable bonds is 4. The molecule has 0 saturated carbocycles. The molecule has 0 aliphatic heterocycles. The topological polar surface area (TPSA) is 16.4 Å². The molecule has 2 rings (SSSR count). The van der Waals surface area contributed by atoms with Crippen molar-refractivity contribution >= 4 is 15.9 Å². The largest absolute Gasteiger partial charge is 0.469 e. The van der Waals surface area contributed by atoms with Crippen molar-refractivity contribution in [3.63, 3.8) is 0 Å². The molecule has 0 unspecified atom stereocenters. The summed E-state index contributed by atoms with van der Waals surface area (Å²) in [6, 6.07) is 6.76. The van der Waals surface area contributed by atoms with Crippen LogP contribution in [0.25, 0.3) is 0 Å². The Balaban J connectivity index is 2.03. The fourth-order valence-electron chi connectivity index (χ4n) is 1.86. The van der Waals surface area contributed by atoms with E-state index in [2.05, 4.69) is 20.8 Å².